The molecule has 164 valence electrons. The molecule has 3 nitrogen and oxygen atoms in total. The van der Waals surface area contributed by atoms with Gasteiger partial charge in [0, 0.05) is 15.9 Å². The average Bonchev–Trinajstić information content (AvgIpc) is 2.72. The first kappa shape index (κ1) is 24.9. The number of alkyl halides is 3. The fraction of sp³-hybridized carbons (Fsp3) is 0.182. The molecule has 0 heterocycles. The van der Waals surface area contributed by atoms with Crippen LogP contribution in [0.3, 0.4) is 0 Å². The van der Waals surface area contributed by atoms with Gasteiger partial charge in [0.1, 0.15) is 5.60 Å². The Balaban J connectivity index is 2.37. The van der Waals surface area contributed by atoms with E-state index >= 15 is 0 Å². The maximum absolute atomic E-state index is 13.6. The Morgan fingerprint density at radius 3 is 1.32 bits per heavy atom. The number of benzene rings is 3. The highest BCUT2D eigenvalue weighted by molar-refractivity contribution is 7.95. The van der Waals surface area contributed by atoms with Crippen LogP contribution in [0.4, 0.5) is 0 Å². The molecule has 0 fully saturated rings. The van der Waals surface area contributed by atoms with Crippen LogP contribution in [0.5, 0.6) is 0 Å². The smallest absolute Gasteiger partial charge is 0.290 e. The maximum atomic E-state index is 13.6. The zero-order valence-corrected chi connectivity index (χ0v) is 21.6. The minimum atomic E-state index is -4.14. The van der Waals surface area contributed by atoms with E-state index in [2.05, 4.69) is 0 Å². The molecule has 0 saturated carbocycles. The normalized spacial score (nSPS) is 14.6. The van der Waals surface area contributed by atoms with Gasteiger partial charge in [0.15, 0.2) is 0 Å². The van der Waals surface area contributed by atoms with E-state index in [1.165, 1.54) is 13.8 Å². The van der Waals surface area contributed by atoms with Gasteiger partial charge in [-0.3, -0.25) is 4.52 Å². The monoisotopic (exact) mass is 533 g/mol. The van der Waals surface area contributed by atoms with Crippen LogP contribution in [0.25, 0.3) is 0 Å². The molecule has 1 atom stereocenters. The summed E-state index contributed by atoms with van der Waals surface area (Å²) in [5, 5.41) is 2.63. The van der Waals surface area contributed by atoms with Crippen molar-refractivity contribution in [2.24, 2.45) is 4.52 Å². The highest BCUT2D eigenvalue weighted by atomic mass is 35.7. The summed E-state index contributed by atoms with van der Waals surface area (Å²) in [7, 11) is -2.84. The maximum Gasteiger partial charge on any atom is 0.406 e. The van der Waals surface area contributed by atoms with Gasteiger partial charge in [0.05, 0.1) is 7.05 Å². The van der Waals surface area contributed by atoms with Gasteiger partial charge in [0.2, 0.25) is 3.79 Å². The molecule has 0 aromatic heterocycles. The zero-order valence-electron chi connectivity index (χ0n) is 16.8. The first-order valence-electron chi connectivity index (χ1n) is 9.36. The molecule has 31 heavy (non-hydrogen) atoms. The highest BCUT2D eigenvalue weighted by Crippen LogP contribution is 2.67. The van der Waals surface area contributed by atoms with Gasteiger partial charge in [-0.15, -0.1) is 0 Å². The largest absolute Gasteiger partial charge is 0.406 e. The van der Waals surface area contributed by atoms with Crippen LogP contribution in [0.2, 0.25) is 0 Å². The Morgan fingerprint density at radius 1 is 0.710 bits per heavy atom. The first-order valence-corrected chi connectivity index (χ1v) is 14.7. The van der Waals surface area contributed by atoms with Crippen molar-refractivity contribution < 1.29 is 9.09 Å². The predicted octanol–water partition coefficient (Wildman–Crippen LogP) is 7.68. The fourth-order valence-electron chi connectivity index (χ4n) is 3.05. The summed E-state index contributed by atoms with van der Waals surface area (Å²) in [6, 6.07) is 28.9. The minimum Gasteiger partial charge on any atom is -0.290 e. The molecular formula is C22H21Cl4NO2P2. The summed E-state index contributed by atoms with van der Waals surface area (Å²) < 4.78 is 22.3. The number of halogens is 4. The van der Waals surface area contributed by atoms with E-state index in [1.807, 2.05) is 91.0 Å². The zero-order chi connectivity index (χ0) is 22.8. The van der Waals surface area contributed by atoms with Crippen LogP contribution in [-0.2, 0) is 9.09 Å². The quantitative estimate of drug-likeness (QED) is 0.240. The van der Waals surface area contributed by atoms with Crippen molar-refractivity contribution in [3.63, 3.8) is 0 Å². The van der Waals surface area contributed by atoms with Crippen molar-refractivity contribution in [2.45, 2.75) is 23.2 Å². The molecule has 0 N–H and O–H groups in total. The molecule has 3 rings (SSSR count). The van der Waals surface area contributed by atoms with Crippen molar-refractivity contribution in [2.75, 3.05) is 0 Å². The van der Waals surface area contributed by atoms with Crippen molar-refractivity contribution in [3.8, 4) is 0 Å². The summed E-state index contributed by atoms with van der Waals surface area (Å²) in [6.45, 7) is -1.11. The summed E-state index contributed by atoms with van der Waals surface area (Å²) in [5.74, 6) is 0. The standard InChI is InChI=1S/C22H21Cl4NO2P2/c1-21(2,22(23,24)25)29-31(26,28)27-30(18-12-6-3-7-13-18,19-14-8-4-9-15-19)20-16-10-5-11-17-20/h3-17H,1-2H3/t31-/m1/s1. The molecule has 0 aliphatic heterocycles. The molecule has 0 amide bonds. The third-order valence-corrected chi connectivity index (χ3v) is 12.6. The third kappa shape index (κ3) is 5.60. The molecule has 0 aliphatic carbocycles. The van der Waals surface area contributed by atoms with E-state index in [4.69, 9.17) is 55.1 Å². The van der Waals surface area contributed by atoms with Gasteiger partial charge >= 0.3 is 6.87 Å². The lowest BCUT2D eigenvalue weighted by atomic mass is 10.2. The molecule has 3 aromatic rings. The lowest BCUT2D eigenvalue weighted by Gasteiger charge is -2.34. The Morgan fingerprint density at radius 2 is 1.03 bits per heavy atom. The van der Waals surface area contributed by atoms with Gasteiger partial charge < -0.3 is 0 Å². The SMILES string of the molecule is CC(C)(O[P@](=O)(Cl)N=P(c1ccccc1)(c1ccccc1)c1ccccc1)C(Cl)(Cl)Cl. The van der Waals surface area contributed by atoms with E-state index in [-0.39, 0.29) is 0 Å². The average molecular weight is 535 g/mol. The van der Waals surface area contributed by atoms with Crippen LogP contribution in [0, 0.1) is 0 Å². The second-order valence-corrected chi connectivity index (χ2v) is 15.5. The van der Waals surface area contributed by atoms with Gasteiger partial charge in [-0.25, -0.2) is 4.57 Å². The van der Waals surface area contributed by atoms with Gasteiger partial charge in [0.25, 0.3) is 0 Å². The molecule has 0 aliphatic rings. The minimum absolute atomic E-state index is 0.878. The van der Waals surface area contributed by atoms with Crippen molar-refractivity contribution in [1.82, 2.24) is 0 Å². The van der Waals surface area contributed by atoms with Crippen molar-refractivity contribution in [3.05, 3.63) is 91.0 Å². The van der Waals surface area contributed by atoms with Crippen LogP contribution in [0.15, 0.2) is 95.5 Å². The molecule has 0 spiro atoms. The van der Waals surface area contributed by atoms with E-state index < -0.39 is 23.3 Å². The first-order chi connectivity index (χ1) is 14.5. The van der Waals surface area contributed by atoms with Gasteiger partial charge in [-0.05, 0) is 25.1 Å². The Kier molecular flexibility index (Phi) is 7.72. The topological polar surface area (TPSA) is 38.7 Å². The predicted molar refractivity (Wildman–Crippen MR) is 136 cm³/mol. The van der Waals surface area contributed by atoms with E-state index in [9.17, 15) is 4.57 Å². The molecule has 0 radical (unpaired) electrons. The molecule has 9 heteroatoms. The van der Waals surface area contributed by atoms with Crippen molar-refractivity contribution >= 4 is 75.9 Å². The van der Waals surface area contributed by atoms with Crippen molar-refractivity contribution in [1.29, 1.82) is 0 Å². The number of hydrogen-bond donors (Lipinski definition) is 0. The molecule has 0 saturated heterocycles. The summed E-state index contributed by atoms with van der Waals surface area (Å²) in [6.07, 6.45) is 0. The molecular weight excluding hydrogens is 514 g/mol. The number of nitrogens with zero attached hydrogens (tertiary/aromatic N) is 1. The van der Waals surface area contributed by atoms with E-state index in [1.54, 1.807) is 0 Å². The van der Waals surface area contributed by atoms with Gasteiger partial charge in [-0.1, -0.05) is 126 Å². The lowest BCUT2D eigenvalue weighted by Crippen LogP contribution is -2.38. The fourth-order valence-corrected chi connectivity index (χ4v) is 10.8. The summed E-state index contributed by atoms with van der Waals surface area (Å²) >= 11 is 24.6. The Hall–Kier alpha value is -0.760. The summed E-state index contributed by atoms with van der Waals surface area (Å²) in [5.41, 5.74) is -1.45. The lowest BCUT2D eigenvalue weighted by molar-refractivity contribution is 0.123. The Labute approximate surface area is 203 Å². The molecule has 0 bridgehead atoms. The van der Waals surface area contributed by atoms with E-state index in [0.717, 1.165) is 15.9 Å². The van der Waals surface area contributed by atoms with Crippen LogP contribution < -0.4 is 15.9 Å². The van der Waals surface area contributed by atoms with Crippen LogP contribution in [0.1, 0.15) is 13.8 Å². The second kappa shape index (κ2) is 9.62. The van der Waals surface area contributed by atoms with Crippen LogP contribution >= 0.6 is 60.0 Å². The molecule has 3 aromatic carbocycles. The second-order valence-electron chi connectivity index (χ2n) is 7.28. The highest BCUT2D eigenvalue weighted by Gasteiger charge is 2.47. The van der Waals surface area contributed by atoms with Gasteiger partial charge in [-0.2, -0.15) is 4.52 Å². The molecule has 0 unspecified atom stereocenters. The number of hydrogen-bond acceptors (Lipinski definition) is 2. The summed E-state index contributed by atoms with van der Waals surface area (Å²) in [4.78, 5) is 0. The van der Waals surface area contributed by atoms with E-state index in [0.29, 0.717) is 0 Å². The van der Waals surface area contributed by atoms with Crippen LogP contribution in [-0.4, -0.2) is 9.39 Å². The Bertz CT molecular complexity index is 1020. The third-order valence-electron chi connectivity index (χ3n) is 4.65. The number of rotatable bonds is 6.